The molecule has 0 aromatic heterocycles. The zero-order chi connectivity index (χ0) is 20.0. The van der Waals surface area contributed by atoms with Crippen molar-refractivity contribution < 1.29 is 26.3 Å². The van der Waals surface area contributed by atoms with Crippen LogP contribution in [0.2, 0.25) is 5.02 Å². The van der Waals surface area contributed by atoms with E-state index in [1.54, 1.807) is 0 Å². The number of nitrogens with zero attached hydrogens (tertiary/aromatic N) is 1. The zero-order valence-corrected chi connectivity index (χ0v) is 19.2. The van der Waals surface area contributed by atoms with Gasteiger partial charge in [0.2, 0.25) is 5.91 Å². The monoisotopic (exact) mass is 465 g/mol. The number of aliphatic hydroxyl groups excluding tert-OH is 1. The van der Waals surface area contributed by atoms with Crippen LogP contribution in [0, 0.1) is 11.3 Å². The smallest absolute Gasteiger partial charge is 0.240 e. The topological polar surface area (TPSA) is 159 Å². The Bertz CT molecular complexity index is 614. The van der Waals surface area contributed by atoms with E-state index in [2.05, 4.69) is 50.5 Å². The Morgan fingerprint density at radius 3 is 2.29 bits per heavy atom. The Labute approximate surface area is 192 Å². The van der Waals surface area contributed by atoms with Gasteiger partial charge in [0.25, 0.3) is 0 Å². The number of rotatable bonds is 8. The molecule has 1 unspecified atom stereocenters. The summed E-state index contributed by atoms with van der Waals surface area (Å²) in [5, 5.41) is 16.0. The number of nitrogens with one attached hydrogen (secondary N) is 2. The largest absolute Gasteiger partial charge is 0.412 e. The fourth-order valence-electron chi connectivity index (χ4n) is 4.01. The number of halogens is 1. The molecule has 0 saturated carbocycles. The van der Waals surface area contributed by atoms with Gasteiger partial charge in [-0.15, -0.1) is 0 Å². The molecule has 1 aromatic rings. The molecule has 1 heterocycles. The van der Waals surface area contributed by atoms with Gasteiger partial charge in [-0.25, -0.2) is 0 Å². The highest BCUT2D eigenvalue weighted by molar-refractivity contribution is 6.30. The molecule has 1 saturated heterocycles. The molecule has 1 fully saturated rings. The van der Waals surface area contributed by atoms with Crippen LogP contribution in [0.4, 0.5) is 0 Å². The van der Waals surface area contributed by atoms with Gasteiger partial charge in [0.05, 0.1) is 12.6 Å². The first kappa shape index (κ1) is 34.4. The first-order chi connectivity index (χ1) is 12.8. The van der Waals surface area contributed by atoms with Crippen LogP contribution in [0.1, 0.15) is 53.0 Å². The minimum atomic E-state index is -0.223. The van der Waals surface area contributed by atoms with Gasteiger partial charge in [0, 0.05) is 31.3 Å². The molecule has 0 spiro atoms. The Balaban J connectivity index is -0.00000196. The van der Waals surface area contributed by atoms with Crippen LogP contribution >= 0.6 is 11.6 Å². The zero-order valence-electron chi connectivity index (χ0n) is 18.5. The van der Waals surface area contributed by atoms with Gasteiger partial charge >= 0.3 is 0 Å². The van der Waals surface area contributed by atoms with E-state index >= 15 is 0 Å². The number of piperidine rings is 1. The third-order valence-corrected chi connectivity index (χ3v) is 5.73. The molecular weight excluding hydrogens is 422 g/mol. The lowest BCUT2D eigenvalue weighted by atomic mass is 9.70. The van der Waals surface area contributed by atoms with Crippen molar-refractivity contribution in [3.05, 3.63) is 34.9 Å². The van der Waals surface area contributed by atoms with Crippen molar-refractivity contribution in [3.63, 3.8) is 0 Å². The highest BCUT2D eigenvalue weighted by atomic mass is 35.5. The van der Waals surface area contributed by atoms with Crippen LogP contribution in [0.15, 0.2) is 24.3 Å². The molecule has 1 amide bonds. The fourth-order valence-corrected chi connectivity index (χ4v) is 4.14. The summed E-state index contributed by atoms with van der Waals surface area (Å²) in [6, 6.07) is 7.89. The number of aliphatic hydroxyl groups is 1. The second-order valence-corrected chi connectivity index (χ2v) is 8.90. The number of carbonyl (C=O) groups is 1. The number of benzene rings is 1. The molecule has 31 heavy (non-hydrogen) atoms. The maximum Gasteiger partial charge on any atom is 0.240 e. The molecule has 1 aliphatic heterocycles. The summed E-state index contributed by atoms with van der Waals surface area (Å²) < 4.78 is 0. The van der Waals surface area contributed by atoms with E-state index < -0.39 is 0 Å². The minimum absolute atomic E-state index is 0. The Kier molecular flexibility index (Phi) is 17.2. The second kappa shape index (κ2) is 15.5. The molecule has 8 nitrogen and oxygen atoms in total. The van der Waals surface area contributed by atoms with Gasteiger partial charge in [-0.05, 0) is 41.4 Å². The molecule has 0 bridgehead atoms. The van der Waals surface area contributed by atoms with Crippen LogP contribution < -0.4 is 10.6 Å². The number of carbonyl (C=O) groups excluding carboxylic acids is 1. The van der Waals surface area contributed by atoms with Crippen molar-refractivity contribution >= 4 is 17.5 Å². The number of likely N-dealkylation sites (tertiary alicyclic amines) is 1. The SMILES string of the molecule is C.CC(C)[C@@H](NCNCCO)C(=O)N1CCC(c2ccc(Cl)cc2)C(C)(C)C1.O.O.O. The summed E-state index contributed by atoms with van der Waals surface area (Å²) in [4.78, 5) is 15.2. The van der Waals surface area contributed by atoms with E-state index in [0.717, 1.165) is 24.5 Å². The van der Waals surface area contributed by atoms with Crippen molar-refractivity contribution in [2.75, 3.05) is 32.9 Å². The molecule has 2 rings (SSSR count). The standard InChI is InChI=1S/C21H34ClN3O2.CH4.3H2O/c1-15(2)19(24-14-23-10-12-26)20(27)25-11-9-18(21(3,4)13-25)16-5-7-17(22)8-6-16;;;;/h5-8,15,18-19,23-24,26H,9-14H2,1-4H3;1H4;3*1H2/t18?,19-;;;;/m1..../s1. The van der Waals surface area contributed by atoms with Crippen LogP contribution in [-0.2, 0) is 4.79 Å². The second-order valence-electron chi connectivity index (χ2n) is 8.47. The maximum absolute atomic E-state index is 13.1. The van der Waals surface area contributed by atoms with Crippen molar-refractivity contribution in [1.29, 1.82) is 0 Å². The van der Waals surface area contributed by atoms with Crippen LogP contribution in [-0.4, -0.2) is 71.3 Å². The van der Waals surface area contributed by atoms with E-state index in [1.807, 2.05) is 17.0 Å². The average Bonchev–Trinajstić information content (AvgIpc) is 2.61. The summed E-state index contributed by atoms with van der Waals surface area (Å²) in [6.07, 6.45) is 0.952. The molecule has 184 valence electrons. The molecule has 1 aliphatic rings. The normalized spacial score (nSPS) is 18.0. The average molecular weight is 466 g/mol. The van der Waals surface area contributed by atoms with Crippen molar-refractivity contribution in [2.24, 2.45) is 11.3 Å². The highest BCUT2D eigenvalue weighted by Gasteiger charge is 2.40. The third-order valence-electron chi connectivity index (χ3n) is 5.48. The van der Waals surface area contributed by atoms with Gasteiger partial charge in [0.15, 0.2) is 0 Å². The van der Waals surface area contributed by atoms with Gasteiger partial charge in [0.1, 0.15) is 0 Å². The van der Waals surface area contributed by atoms with Crippen molar-refractivity contribution in [1.82, 2.24) is 15.5 Å². The maximum atomic E-state index is 13.1. The summed E-state index contributed by atoms with van der Waals surface area (Å²) in [6.45, 7) is 11.2. The van der Waals surface area contributed by atoms with E-state index in [4.69, 9.17) is 16.7 Å². The summed E-state index contributed by atoms with van der Waals surface area (Å²) in [5.41, 5.74) is 1.29. The molecule has 2 atom stereocenters. The Morgan fingerprint density at radius 2 is 1.81 bits per heavy atom. The minimum Gasteiger partial charge on any atom is -0.412 e. The predicted octanol–water partition coefficient (Wildman–Crippen LogP) is 0.998. The third kappa shape index (κ3) is 9.41. The lowest BCUT2D eigenvalue weighted by Gasteiger charge is -2.46. The van der Waals surface area contributed by atoms with Gasteiger partial charge in [-0.1, -0.05) is 58.9 Å². The summed E-state index contributed by atoms with van der Waals surface area (Å²) >= 11 is 6.03. The lowest BCUT2D eigenvalue weighted by Crippen LogP contribution is -2.56. The van der Waals surface area contributed by atoms with E-state index in [1.165, 1.54) is 5.56 Å². The summed E-state index contributed by atoms with van der Waals surface area (Å²) in [5.74, 6) is 0.777. The first-order valence-corrected chi connectivity index (χ1v) is 10.2. The van der Waals surface area contributed by atoms with E-state index in [-0.39, 0.29) is 53.7 Å². The van der Waals surface area contributed by atoms with Gasteiger partial charge in [-0.3, -0.25) is 10.1 Å². The molecule has 1 aromatic carbocycles. The molecular formula is C22H44ClN3O5. The number of hydrogen-bond acceptors (Lipinski definition) is 4. The lowest BCUT2D eigenvalue weighted by molar-refractivity contribution is -0.138. The van der Waals surface area contributed by atoms with Gasteiger partial charge in [-0.2, -0.15) is 0 Å². The van der Waals surface area contributed by atoms with E-state index in [9.17, 15) is 4.79 Å². The number of hydrogen-bond donors (Lipinski definition) is 3. The number of amides is 1. The Morgan fingerprint density at radius 1 is 1.23 bits per heavy atom. The van der Waals surface area contributed by atoms with Crippen LogP contribution in [0.5, 0.6) is 0 Å². The van der Waals surface area contributed by atoms with Crippen LogP contribution in [0.25, 0.3) is 0 Å². The molecule has 9 heteroatoms. The first-order valence-electron chi connectivity index (χ1n) is 9.85. The molecule has 0 radical (unpaired) electrons. The summed E-state index contributed by atoms with van der Waals surface area (Å²) in [7, 11) is 0. The highest BCUT2D eigenvalue weighted by Crippen LogP contribution is 2.42. The quantitative estimate of drug-likeness (QED) is 0.386. The van der Waals surface area contributed by atoms with Crippen molar-refractivity contribution in [3.8, 4) is 0 Å². The molecule has 9 N–H and O–H groups in total. The Hall–Kier alpha value is -1.26. The van der Waals surface area contributed by atoms with Crippen LogP contribution in [0.3, 0.4) is 0 Å². The van der Waals surface area contributed by atoms with E-state index in [0.29, 0.717) is 19.1 Å². The fraction of sp³-hybridized carbons (Fsp3) is 0.682. The van der Waals surface area contributed by atoms with Gasteiger partial charge < -0.3 is 31.8 Å². The molecule has 0 aliphatic carbocycles. The van der Waals surface area contributed by atoms with Crippen molar-refractivity contribution in [2.45, 2.75) is 53.5 Å². The predicted molar refractivity (Wildman–Crippen MR) is 128 cm³/mol.